The molecule has 1 aromatic rings. The predicted octanol–water partition coefficient (Wildman–Crippen LogP) is 3.21. The molecule has 0 amide bonds. The molecule has 0 aromatic heterocycles. The van der Waals surface area contributed by atoms with Gasteiger partial charge >= 0.3 is 0 Å². The van der Waals surface area contributed by atoms with E-state index in [1.54, 1.807) is 0 Å². The largest absolute Gasteiger partial charge is 0.0587 e. The number of hydrogen-bond acceptors (Lipinski definition) is 0. The Hall–Kier alpha value is -0.0500. The third kappa shape index (κ3) is 1.97. The van der Waals surface area contributed by atoms with Crippen LogP contribution in [0.2, 0.25) is 0 Å². The van der Waals surface area contributed by atoms with E-state index in [2.05, 4.69) is 54.6 Å². The zero-order valence-electron chi connectivity index (χ0n) is 6.19. The molecule has 0 aliphatic rings. The van der Waals surface area contributed by atoms with Gasteiger partial charge in [0.1, 0.15) is 0 Å². The molecule has 1 heteroatoms. The quantitative estimate of drug-likeness (QED) is 0.666. The monoisotopic (exact) mass is 245 g/mol. The molecule has 0 heterocycles. The van der Waals surface area contributed by atoms with Gasteiger partial charge in [-0.1, -0.05) is 19.9 Å². The van der Waals surface area contributed by atoms with Crippen molar-refractivity contribution in [2.24, 2.45) is 0 Å². The third-order valence-electron chi connectivity index (χ3n) is 1.42. The van der Waals surface area contributed by atoms with Crippen LogP contribution in [0.1, 0.15) is 25.3 Å². The van der Waals surface area contributed by atoms with E-state index in [1.165, 1.54) is 9.13 Å². The van der Waals surface area contributed by atoms with Gasteiger partial charge in [0.05, 0.1) is 0 Å². The first-order valence-corrected chi connectivity index (χ1v) is 4.45. The molecule has 0 N–H and O–H groups in total. The standard InChI is InChI=1S/C9H10I/c1-7(2)8-3-5-9(10)6-4-8/h3,5-7H,1-2H3. The molecule has 10 heavy (non-hydrogen) atoms. The first-order valence-electron chi connectivity index (χ1n) is 3.37. The van der Waals surface area contributed by atoms with Gasteiger partial charge < -0.3 is 0 Å². The van der Waals surface area contributed by atoms with Gasteiger partial charge in [-0.2, -0.15) is 0 Å². The summed E-state index contributed by atoms with van der Waals surface area (Å²) in [6, 6.07) is 9.50. The Morgan fingerprint density at radius 3 is 2.50 bits per heavy atom. The summed E-state index contributed by atoms with van der Waals surface area (Å²) in [7, 11) is 0. The van der Waals surface area contributed by atoms with Crippen LogP contribution in [0.25, 0.3) is 0 Å². The van der Waals surface area contributed by atoms with Crippen molar-refractivity contribution in [3.8, 4) is 0 Å². The molecule has 0 spiro atoms. The van der Waals surface area contributed by atoms with E-state index < -0.39 is 0 Å². The van der Waals surface area contributed by atoms with Crippen LogP contribution in [-0.4, -0.2) is 0 Å². The zero-order chi connectivity index (χ0) is 7.56. The topological polar surface area (TPSA) is 0 Å². The van der Waals surface area contributed by atoms with E-state index in [0.29, 0.717) is 5.92 Å². The average Bonchev–Trinajstić information content (AvgIpc) is 1.88. The minimum absolute atomic E-state index is 0.594. The molecular formula is C9H10I. The Morgan fingerprint density at radius 2 is 2.10 bits per heavy atom. The van der Waals surface area contributed by atoms with Gasteiger partial charge in [0.2, 0.25) is 0 Å². The van der Waals surface area contributed by atoms with Crippen molar-refractivity contribution in [1.82, 2.24) is 0 Å². The molecule has 0 atom stereocenters. The van der Waals surface area contributed by atoms with E-state index in [0.717, 1.165) is 0 Å². The van der Waals surface area contributed by atoms with Crippen molar-refractivity contribution in [2.75, 3.05) is 0 Å². The van der Waals surface area contributed by atoms with Crippen molar-refractivity contribution >= 4 is 22.6 Å². The van der Waals surface area contributed by atoms with Gasteiger partial charge in [-0.25, -0.2) is 0 Å². The van der Waals surface area contributed by atoms with Crippen LogP contribution >= 0.6 is 22.6 Å². The van der Waals surface area contributed by atoms with E-state index in [1.807, 2.05) is 6.07 Å². The fraction of sp³-hybridized carbons (Fsp3) is 0.333. The normalized spacial score (nSPS) is 10.4. The molecule has 0 aliphatic carbocycles. The number of hydrogen-bond donors (Lipinski definition) is 0. The fourth-order valence-electron chi connectivity index (χ4n) is 0.777. The highest BCUT2D eigenvalue weighted by molar-refractivity contribution is 14.1. The predicted molar refractivity (Wildman–Crippen MR) is 52.1 cm³/mol. The second-order valence-corrected chi connectivity index (χ2v) is 3.86. The molecule has 0 saturated carbocycles. The van der Waals surface area contributed by atoms with Crippen LogP contribution < -0.4 is 0 Å². The first kappa shape index (κ1) is 8.05. The van der Waals surface area contributed by atoms with Crippen LogP contribution in [0.5, 0.6) is 0 Å². The Balaban J connectivity index is 2.89. The summed E-state index contributed by atoms with van der Waals surface area (Å²) in [6.07, 6.45) is 0. The highest BCUT2D eigenvalue weighted by Gasteiger charge is 1.96. The molecule has 1 rings (SSSR count). The molecule has 0 aliphatic heterocycles. The van der Waals surface area contributed by atoms with Crippen LogP contribution in [0.3, 0.4) is 0 Å². The van der Waals surface area contributed by atoms with E-state index >= 15 is 0 Å². The van der Waals surface area contributed by atoms with Crippen LogP contribution in [0.15, 0.2) is 18.2 Å². The molecule has 0 fully saturated rings. The van der Waals surface area contributed by atoms with Crippen molar-refractivity contribution in [2.45, 2.75) is 19.8 Å². The van der Waals surface area contributed by atoms with Crippen LogP contribution in [0.4, 0.5) is 0 Å². The third-order valence-corrected chi connectivity index (χ3v) is 2.09. The maximum absolute atomic E-state index is 3.23. The lowest BCUT2D eigenvalue weighted by Crippen LogP contribution is -1.85. The molecule has 0 nitrogen and oxygen atoms in total. The van der Waals surface area contributed by atoms with Gasteiger partial charge in [-0.3, -0.25) is 0 Å². The summed E-state index contributed by atoms with van der Waals surface area (Å²) < 4.78 is 1.25. The minimum atomic E-state index is 0.594. The summed E-state index contributed by atoms with van der Waals surface area (Å²) in [4.78, 5) is 0. The van der Waals surface area contributed by atoms with Gasteiger partial charge in [0, 0.05) is 3.57 Å². The first-order chi connectivity index (χ1) is 4.70. The van der Waals surface area contributed by atoms with Crippen molar-refractivity contribution in [1.29, 1.82) is 0 Å². The fourth-order valence-corrected chi connectivity index (χ4v) is 1.11. The lowest BCUT2D eigenvalue weighted by molar-refractivity contribution is 0.864. The van der Waals surface area contributed by atoms with Gasteiger partial charge in [0.25, 0.3) is 0 Å². The molecule has 0 unspecified atom stereocenters. The van der Waals surface area contributed by atoms with Crippen molar-refractivity contribution in [3.63, 3.8) is 0 Å². The molecule has 0 bridgehead atoms. The van der Waals surface area contributed by atoms with Crippen LogP contribution in [-0.2, 0) is 0 Å². The Bertz CT molecular complexity index is 198. The second-order valence-electron chi connectivity index (χ2n) is 2.62. The highest BCUT2D eigenvalue weighted by Crippen LogP contribution is 2.14. The second kappa shape index (κ2) is 3.37. The summed E-state index contributed by atoms with van der Waals surface area (Å²) in [5, 5.41) is 0. The van der Waals surface area contributed by atoms with Crippen molar-refractivity contribution in [3.05, 3.63) is 33.4 Å². The summed E-state index contributed by atoms with van der Waals surface area (Å²) in [6.45, 7) is 4.36. The van der Waals surface area contributed by atoms with E-state index in [-0.39, 0.29) is 0 Å². The molecule has 1 radical (unpaired) electrons. The lowest BCUT2D eigenvalue weighted by atomic mass is 10.0. The zero-order valence-corrected chi connectivity index (χ0v) is 8.34. The summed E-state index contributed by atoms with van der Waals surface area (Å²) in [5.41, 5.74) is 1.29. The van der Waals surface area contributed by atoms with Gasteiger partial charge in [-0.15, -0.1) is 0 Å². The van der Waals surface area contributed by atoms with E-state index in [4.69, 9.17) is 0 Å². The Kier molecular flexibility index (Phi) is 2.72. The number of benzene rings is 1. The average molecular weight is 245 g/mol. The maximum Gasteiger partial charge on any atom is 0.0136 e. The summed E-state index contributed by atoms with van der Waals surface area (Å²) in [5.74, 6) is 0.594. The van der Waals surface area contributed by atoms with Gasteiger partial charge in [-0.05, 0) is 52.3 Å². The minimum Gasteiger partial charge on any atom is -0.0587 e. The molecular weight excluding hydrogens is 235 g/mol. The SMILES string of the molecule is CC(C)c1[c]cc(I)cc1. The van der Waals surface area contributed by atoms with E-state index in [9.17, 15) is 0 Å². The molecule has 0 saturated heterocycles. The van der Waals surface area contributed by atoms with Crippen LogP contribution in [0, 0.1) is 9.64 Å². The smallest absolute Gasteiger partial charge is 0.0136 e. The number of halogens is 1. The lowest BCUT2D eigenvalue weighted by Gasteiger charge is -2.02. The summed E-state index contributed by atoms with van der Waals surface area (Å²) >= 11 is 2.29. The van der Waals surface area contributed by atoms with Crippen molar-refractivity contribution < 1.29 is 0 Å². The van der Waals surface area contributed by atoms with Gasteiger partial charge in [0.15, 0.2) is 0 Å². The molecule has 1 aromatic carbocycles. The number of rotatable bonds is 1. The maximum atomic E-state index is 3.23. The highest BCUT2D eigenvalue weighted by atomic mass is 127. The Morgan fingerprint density at radius 1 is 1.40 bits per heavy atom. The molecule has 53 valence electrons. The Labute approximate surface area is 75.8 Å².